The largest absolute Gasteiger partial charge is 0.457 e. The van der Waals surface area contributed by atoms with Gasteiger partial charge in [-0.05, 0) is 36.2 Å². The summed E-state index contributed by atoms with van der Waals surface area (Å²) in [5.41, 5.74) is 3.37. The molecular weight excluding hydrogens is 376 g/mol. The van der Waals surface area contributed by atoms with E-state index < -0.39 is 5.92 Å². The van der Waals surface area contributed by atoms with Crippen LogP contribution in [0.15, 0.2) is 72.8 Å². The highest BCUT2D eigenvalue weighted by Gasteiger charge is 2.32. The van der Waals surface area contributed by atoms with Crippen molar-refractivity contribution in [1.82, 2.24) is 5.32 Å². The van der Waals surface area contributed by atoms with Crippen LogP contribution in [0.5, 0.6) is 11.5 Å². The summed E-state index contributed by atoms with van der Waals surface area (Å²) in [6.07, 6.45) is 1.29. The van der Waals surface area contributed by atoms with E-state index in [0.717, 1.165) is 28.8 Å². The Morgan fingerprint density at radius 3 is 2.23 bits per heavy atom. The van der Waals surface area contributed by atoms with Crippen LogP contribution in [0.3, 0.4) is 0 Å². The molecule has 4 rings (SSSR count). The molecule has 2 amide bonds. The van der Waals surface area contributed by atoms with Crippen LogP contribution in [0.1, 0.15) is 42.4 Å². The van der Waals surface area contributed by atoms with Gasteiger partial charge < -0.3 is 15.4 Å². The second-order valence-electron chi connectivity index (χ2n) is 7.33. The smallest absolute Gasteiger partial charge is 0.232 e. The van der Waals surface area contributed by atoms with Gasteiger partial charge in [-0.1, -0.05) is 55.5 Å². The van der Waals surface area contributed by atoms with Crippen LogP contribution >= 0.6 is 0 Å². The predicted molar refractivity (Wildman–Crippen MR) is 117 cm³/mol. The average molecular weight is 400 g/mol. The number of hydrogen-bond donors (Lipinski definition) is 2. The summed E-state index contributed by atoms with van der Waals surface area (Å²) in [4.78, 5) is 25.0. The number of carbonyl (C=O) groups excluding carboxylic acids is 2. The molecule has 0 aliphatic carbocycles. The highest BCUT2D eigenvalue weighted by Crippen LogP contribution is 2.43. The summed E-state index contributed by atoms with van der Waals surface area (Å²) in [7, 11) is 0. The number of ether oxygens (including phenoxy) is 1. The maximum atomic E-state index is 13.2. The maximum Gasteiger partial charge on any atom is 0.232 e. The lowest BCUT2D eigenvalue weighted by Gasteiger charge is -2.27. The second kappa shape index (κ2) is 8.82. The minimum Gasteiger partial charge on any atom is -0.457 e. The third-order valence-corrected chi connectivity index (χ3v) is 5.10. The van der Waals surface area contributed by atoms with E-state index in [0.29, 0.717) is 24.5 Å². The number of rotatable bonds is 6. The lowest BCUT2D eigenvalue weighted by Crippen LogP contribution is -2.31. The second-order valence-corrected chi connectivity index (χ2v) is 7.33. The molecule has 0 radical (unpaired) electrons. The zero-order chi connectivity index (χ0) is 20.9. The number of anilines is 1. The monoisotopic (exact) mass is 400 g/mol. The fraction of sp³-hybridized carbons (Fsp3) is 0.200. The Hall–Kier alpha value is -3.60. The Labute approximate surface area is 176 Å². The van der Waals surface area contributed by atoms with Crippen molar-refractivity contribution in [3.8, 4) is 11.5 Å². The van der Waals surface area contributed by atoms with Gasteiger partial charge >= 0.3 is 0 Å². The predicted octanol–water partition coefficient (Wildman–Crippen LogP) is 4.98. The number of nitrogens with one attached hydrogen (secondary N) is 2. The van der Waals surface area contributed by atoms with Gasteiger partial charge in [-0.3, -0.25) is 9.59 Å². The van der Waals surface area contributed by atoms with Crippen LogP contribution in [-0.4, -0.2) is 11.8 Å². The van der Waals surface area contributed by atoms with E-state index in [4.69, 9.17) is 4.74 Å². The van der Waals surface area contributed by atoms with E-state index >= 15 is 0 Å². The molecular formula is C25H24N2O3. The van der Waals surface area contributed by atoms with Crippen molar-refractivity contribution in [1.29, 1.82) is 0 Å². The third kappa shape index (κ3) is 4.20. The summed E-state index contributed by atoms with van der Waals surface area (Å²) >= 11 is 0. The SMILES string of the molecule is CCCC(=O)Nc1cccc(CNC(=O)C2c3ccccc3Oc3ccccc32)c1. The van der Waals surface area contributed by atoms with Gasteiger partial charge in [0.2, 0.25) is 11.8 Å². The summed E-state index contributed by atoms with van der Waals surface area (Å²) in [5.74, 6) is 0.889. The van der Waals surface area contributed by atoms with Gasteiger partial charge in [0, 0.05) is 29.8 Å². The minimum atomic E-state index is -0.432. The molecule has 0 saturated carbocycles. The molecule has 0 unspecified atom stereocenters. The van der Waals surface area contributed by atoms with Crippen LogP contribution in [-0.2, 0) is 16.1 Å². The van der Waals surface area contributed by atoms with Crippen molar-refractivity contribution in [2.45, 2.75) is 32.2 Å². The third-order valence-electron chi connectivity index (χ3n) is 5.10. The minimum absolute atomic E-state index is 0.00546. The molecule has 0 aromatic heterocycles. The van der Waals surface area contributed by atoms with Gasteiger partial charge in [-0.15, -0.1) is 0 Å². The van der Waals surface area contributed by atoms with Gasteiger partial charge in [-0.2, -0.15) is 0 Å². The topological polar surface area (TPSA) is 67.4 Å². The van der Waals surface area contributed by atoms with Gasteiger partial charge in [0.15, 0.2) is 0 Å². The van der Waals surface area contributed by atoms with Crippen LogP contribution in [0.25, 0.3) is 0 Å². The van der Waals surface area contributed by atoms with Crippen molar-refractivity contribution < 1.29 is 14.3 Å². The molecule has 0 saturated heterocycles. The van der Waals surface area contributed by atoms with Crippen LogP contribution in [0, 0.1) is 0 Å². The van der Waals surface area contributed by atoms with E-state index in [2.05, 4.69) is 10.6 Å². The number of amides is 2. The quantitative estimate of drug-likeness (QED) is 0.613. The molecule has 152 valence electrons. The first kappa shape index (κ1) is 19.7. The number of carbonyl (C=O) groups is 2. The van der Waals surface area contributed by atoms with Crippen LogP contribution < -0.4 is 15.4 Å². The van der Waals surface area contributed by atoms with Crippen LogP contribution in [0.4, 0.5) is 5.69 Å². The maximum absolute atomic E-state index is 13.2. The Kier molecular flexibility index (Phi) is 5.80. The molecule has 0 atom stereocenters. The summed E-state index contributed by atoms with van der Waals surface area (Å²) in [5, 5.41) is 5.94. The van der Waals surface area contributed by atoms with Crippen LogP contribution in [0.2, 0.25) is 0 Å². The van der Waals surface area contributed by atoms with E-state index in [1.165, 1.54) is 0 Å². The molecule has 3 aromatic carbocycles. The van der Waals surface area contributed by atoms with Crippen molar-refractivity contribution in [2.75, 3.05) is 5.32 Å². The normalized spacial score (nSPS) is 12.3. The first-order valence-corrected chi connectivity index (χ1v) is 10.2. The standard InChI is InChI=1S/C25H24N2O3/c1-2-8-23(28)27-18-10-7-9-17(15-18)16-26-25(29)24-19-11-3-5-13-21(19)30-22-14-6-4-12-20(22)24/h3-7,9-15,24H,2,8,16H2,1H3,(H,26,29)(H,27,28). The molecule has 1 aliphatic heterocycles. The number of fused-ring (bicyclic) bond motifs is 2. The number of hydrogen-bond acceptors (Lipinski definition) is 3. The van der Waals surface area contributed by atoms with E-state index in [1.54, 1.807) is 0 Å². The van der Waals surface area contributed by atoms with Crippen molar-refractivity contribution in [3.63, 3.8) is 0 Å². The van der Waals surface area contributed by atoms with E-state index in [-0.39, 0.29) is 11.8 Å². The van der Waals surface area contributed by atoms with E-state index in [1.807, 2.05) is 79.7 Å². The lowest BCUT2D eigenvalue weighted by molar-refractivity contribution is -0.122. The molecule has 3 aromatic rings. The highest BCUT2D eigenvalue weighted by atomic mass is 16.5. The Morgan fingerprint density at radius 1 is 0.900 bits per heavy atom. The Bertz CT molecular complexity index is 1030. The molecule has 5 heteroatoms. The zero-order valence-corrected chi connectivity index (χ0v) is 16.9. The average Bonchev–Trinajstić information content (AvgIpc) is 2.76. The first-order valence-electron chi connectivity index (χ1n) is 10.2. The summed E-state index contributed by atoms with van der Waals surface area (Å²) < 4.78 is 5.97. The first-order chi connectivity index (χ1) is 14.7. The van der Waals surface area contributed by atoms with Crippen molar-refractivity contribution in [2.24, 2.45) is 0 Å². The number of para-hydroxylation sites is 2. The molecule has 0 spiro atoms. The van der Waals surface area contributed by atoms with Crippen molar-refractivity contribution in [3.05, 3.63) is 89.5 Å². The fourth-order valence-corrected chi connectivity index (χ4v) is 3.69. The lowest BCUT2D eigenvalue weighted by atomic mass is 9.87. The van der Waals surface area contributed by atoms with E-state index in [9.17, 15) is 9.59 Å². The van der Waals surface area contributed by atoms with Gasteiger partial charge in [-0.25, -0.2) is 0 Å². The highest BCUT2D eigenvalue weighted by molar-refractivity contribution is 5.91. The summed E-state index contributed by atoms with van der Waals surface area (Å²) in [6, 6.07) is 22.8. The molecule has 0 bridgehead atoms. The summed E-state index contributed by atoms with van der Waals surface area (Å²) in [6.45, 7) is 2.34. The Morgan fingerprint density at radius 2 is 1.57 bits per heavy atom. The van der Waals surface area contributed by atoms with Crippen molar-refractivity contribution >= 4 is 17.5 Å². The van der Waals surface area contributed by atoms with Gasteiger partial charge in [0.25, 0.3) is 0 Å². The van der Waals surface area contributed by atoms with Gasteiger partial charge in [0.05, 0.1) is 5.92 Å². The Balaban J connectivity index is 1.51. The zero-order valence-electron chi connectivity index (χ0n) is 16.9. The fourth-order valence-electron chi connectivity index (χ4n) is 3.69. The molecule has 1 aliphatic rings. The molecule has 2 N–H and O–H groups in total. The molecule has 0 fully saturated rings. The van der Waals surface area contributed by atoms with Gasteiger partial charge in [0.1, 0.15) is 11.5 Å². The number of benzene rings is 3. The molecule has 1 heterocycles. The molecule has 30 heavy (non-hydrogen) atoms. The molecule has 5 nitrogen and oxygen atoms in total.